The van der Waals surface area contributed by atoms with Gasteiger partial charge in [-0.2, -0.15) is 4.98 Å². The van der Waals surface area contributed by atoms with Crippen molar-refractivity contribution in [2.24, 2.45) is 5.92 Å². The Morgan fingerprint density at radius 3 is 2.91 bits per heavy atom. The lowest BCUT2D eigenvalue weighted by molar-refractivity contribution is -0.134. The second-order valence-electron chi connectivity index (χ2n) is 7.41. The number of likely N-dealkylation sites (tertiary alicyclic amines) is 1. The van der Waals surface area contributed by atoms with Crippen LogP contribution in [0.4, 0.5) is 0 Å². The minimum absolute atomic E-state index is 0.0197. The molecule has 0 bridgehead atoms. The van der Waals surface area contributed by atoms with Crippen molar-refractivity contribution in [2.45, 2.75) is 69.9 Å². The van der Waals surface area contributed by atoms with Gasteiger partial charge in [-0.3, -0.25) is 4.79 Å². The molecule has 1 aromatic heterocycles. The average molecular weight is 318 g/mol. The van der Waals surface area contributed by atoms with Gasteiger partial charge in [0.2, 0.25) is 11.8 Å². The van der Waals surface area contributed by atoms with Crippen molar-refractivity contribution in [3.05, 3.63) is 11.7 Å². The number of fused-ring (bicyclic) bond motifs is 1. The third-order valence-corrected chi connectivity index (χ3v) is 5.79. The summed E-state index contributed by atoms with van der Waals surface area (Å²) < 4.78 is 5.32. The van der Waals surface area contributed by atoms with Crippen molar-refractivity contribution in [1.82, 2.24) is 20.4 Å². The number of aromatic nitrogens is 2. The van der Waals surface area contributed by atoms with Crippen LogP contribution in [0, 0.1) is 12.8 Å². The SMILES string of the molecule is Cc1noc(C2CCCN(C(=O)C3CC4CCCCC4N3)C2)n1. The molecule has 1 amide bonds. The number of nitrogens with one attached hydrogen (secondary N) is 1. The van der Waals surface area contributed by atoms with Gasteiger partial charge in [0, 0.05) is 19.1 Å². The molecule has 1 saturated carbocycles. The number of piperidine rings is 1. The summed E-state index contributed by atoms with van der Waals surface area (Å²) in [6, 6.07) is 0.586. The van der Waals surface area contributed by atoms with Crippen molar-refractivity contribution >= 4 is 5.91 Å². The van der Waals surface area contributed by atoms with Gasteiger partial charge in [-0.25, -0.2) is 0 Å². The predicted molar refractivity (Wildman–Crippen MR) is 84.9 cm³/mol. The van der Waals surface area contributed by atoms with Crippen LogP contribution in [0.2, 0.25) is 0 Å². The first kappa shape index (κ1) is 15.1. The van der Waals surface area contributed by atoms with E-state index in [1.165, 1.54) is 25.7 Å². The third-order valence-electron chi connectivity index (χ3n) is 5.79. The van der Waals surface area contributed by atoms with Crippen LogP contribution in [0.5, 0.6) is 0 Å². The molecule has 2 aliphatic heterocycles. The fraction of sp³-hybridized carbons (Fsp3) is 0.824. The van der Waals surface area contributed by atoms with Crippen LogP contribution in [0.15, 0.2) is 4.52 Å². The summed E-state index contributed by atoms with van der Waals surface area (Å²) in [6.07, 6.45) is 8.20. The summed E-state index contributed by atoms with van der Waals surface area (Å²) in [5, 5.41) is 7.49. The number of carbonyl (C=O) groups excluding carboxylic acids is 1. The molecule has 0 spiro atoms. The maximum atomic E-state index is 12.9. The lowest BCUT2D eigenvalue weighted by atomic mass is 9.85. The molecular formula is C17H26N4O2. The van der Waals surface area contributed by atoms with Gasteiger partial charge in [0.05, 0.1) is 12.0 Å². The van der Waals surface area contributed by atoms with Gasteiger partial charge in [-0.1, -0.05) is 18.0 Å². The molecule has 6 heteroatoms. The Labute approximate surface area is 137 Å². The smallest absolute Gasteiger partial charge is 0.239 e. The quantitative estimate of drug-likeness (QED) is 0.903. The van der Waals surface area contributed by atoms with Gasteiger partial charge in [-0.15, -0.1) is 0 Å². The average Bonchev–Trinajstić information content (AvgIpc) is 3.20. The first-order valence-corrected chi connectivity index (χ1v) is 9.06. The Bertz CT molecular complexity index is 559. The number of nitrogens with zero attached hydrogens (tertiary/aromatic N) is 3. The number of rotatable bonds is 2. The van der Waals surface area contributed by atoms with Crippen LogP contribution in [0.1, 0.15) is 62.6 Å². The molecule has 4 unspecified atom stereocenters. The van der Waals surface area contributed by atoms with Crippen LogP contribution in [-0.4, -0.2) is 46.1 Å². The zero-order valence-electron chi connectivity index (χ0n) is 13.8. The standard InChI is InChI=1S/C17H26N4O2/c1-11-18-16(23-20-11)13-6-4-8-21(10-13)17(22)15-9-12-5-2-3-7-14(12)19-15/h12-15,19H,2-10H2,1H3. The third kappa shape index (κ3) is 3.01. The summed E-state index contributed by atoms with van der Waals surface area (Å²) in [5.74, 6) is 2.54. The van der Waals surface area contributed by atoms with Crippen molar-refractivity contribution in [3.8, 4) is 0 Å². The van der Waals surface area contributed by atoms with E-state index in [-0.39, 0.29) is 17.9 Å². The molecule has 3 heterocycles. The molecule has 4 rings (SSSR count). The molecular weight excluding hydrogens is 292 g/mol. The Morgan fingerprint density at radius 2 is 2.13 bits per heavy atom. The minimum Gasteiger partial charge on any atom is -0.341 e. The topological polar surface area (TPSA) is 71.3 Å². The van der Waals surface area contributed by atoms with E-state index in [0.29, 0.717) is 30.2 Å². The zero-order chi connectivity index (χ0) is 15.8. The van der Waals surface area contributed by atoms with Gasteiger partial charge >= 0.3 is 0 Å². The highest BCUT2D eigenvalue weighted by Gasteiger charge is 2.40. The van der Waals surface area contributed by atoms with E-state index in [9.17, 15) is 4.79 Å². The summed E-state index contributed by atoms with van der Waals surface area (Å²) >= 11 is 0. The fourth-order valence-corrected chi connectivity index (χ4v) is 4.59. The molecule has 1 N–H and O–H groups in total. The van der Waals surface area contributed by atoms with Gasteiger partial charge in [-0.05, 0) is 44.9 Å². The summed E-state index contributed by atoms with van der Waals surface area (Å²) in [5.41, 5.74) is 0. The second kappa shape index (κ2) is 6.23. The minimum atomic E-state index is 0.0197. The second-order valence-corrected chi connectivity index (χ2v) is 7.41. The van der Waals surface area contributed by atoms with Crippen LogP contribution in [-0.2, 0) is 4.79 Å². The molecule has 3 aliphatic rings. The fourth-order valence-electron chi connectivity index (χ4n) is 4.59. The van der Waals surface area contributed by atoms with E-state index >= 15 is 0 Å². The Hall–Kier alpha value is -1.43. The van der Waals surface area contributed by atoms with Crippen molar-refractivity contribution in [2.75, 3.05) is 13.1 Å². The van der Waals surface area contributed by atoms with E-state index in [2.05, 4.69) is 15.5 Å². The molecule has 4 atom stereocenters. The first-order valence-electron chi connectivity index (χ1n) is 9.06. The summed E-state index contributed by atoms with van der Waals surface area (Å²) in [6.45, 7) is 3.41. The molecule has 3 fully saturated rings. The molecule has 1 aromatic rings. The monoisotopic (exact) mass is 318 g/mol. The molecule has 0 radical (unpaired) electrons. The van der Waals surface area contributed by atoms with E-state index in [1.807, 2.05) is 11.8 Å². The number of amides is 1. The maximum Gasteiger partial charge on any atom is 0.239 e. The normalized spacial score (nSPS) is 34.4. The van der Waals surface area contributed by atoms with Gasteiger partial charge in [0.1, 0.15) is 0 Å². The van der Waals surface area contributed by atoms with Crippen LogP contribution in [0.25, 0.3) is 0 Å². The number of hydrogen-bond acceptors (Lipinski definition) is 5. The molecule has 2 saturated heterocycles. The van der Waals surface area contributed by atoms with E-state index in [4.69, 9.17) is 4.52 Å². The highest BCUT2D eigenvalue weighted by Crippen LogP contribution is 2.34. The number of carbonyl (C=O) groups is 1. The van der Waals surface area contributed by atoms with Crippen LogP contribution in [0.3, 0.4) is 0 Å². The van der Waals surface area contributed by atoms with Gasteiger partial charge < -0.3 is 14.7 Å². The highest BCUT2D eigenvalue weighted by atomic mass is 16.5. The largest absolute Gasteiger partial charge is 0.341 e. The van der Waals surface area contributed by atoms with E-state index in [1.54, 1.807) is 0 Å². The molecule has 6 nitrogen and oxygen atoms in total. The summed E-state index contributed by atoms with van der Waals surface area (Å²) in [7, 11) is 0. The Balaban J connectivity index is 1.40. The maximum absolute atomic E-state index is 12.9. The number of aryl methyl sites for hydroxylation is 1. The van der Waals surface area contributed by atoms with Crippen molar-refractivity contribution in [1.29, 1.82) is 0 Å². The lowest BCUT2D eigenvalue weighted by Gasteiger charge is -2.33. The van der Waals surface area contributed by atoms with Gasteiger partial charge in [0.25, 0.3) is 0 Å². The van der Waals surface area contributed by atoms with Crippen molar-refractivity contribution < 1.29 is 9.32 Å². The summed E-state index contributed by atoms with van der Waals surface area (Å²) in [4.78, 5) is 19.3. The van der Waals surface area contributed by atoms with E-state index < -0.39 is 0 Å². The lowest BCUT2D eigenvalue weighted by Crippen LogP contribution is -2.48. The molecule has 23 heavy (non-hydrogen) atoms. The Morgan fingerprint density at radius 1 is 1.26 bits per heavy atom. The molecule has 0 aromatic carbocycles. The zero-order valence-corrected chi connectivity index (χ0v) is 13.8. The number of hydrogen-bond donors (Lipinski definition) is 1. The van der Waals surface area contributed by atoms with Crippen LogP contribution < -0.4 is 5.32 Å². The molecule has 1 aliphatic carbocycles. The first-order chi connectivity index (χ1) is 11.2. The highest BCUT2D eigenvalue weighted by molar-refractivity contribution is 5.82. The molecule has 126 valence electrons. The predicted octanol–water partition coefficient (Wildman–Crippen LogP) is 2.00. The van der Waals surface area contributed by atoms with E-state index in [0.717, 1.165) is 25.8 Å². The van der Waals surface area contributed by atoms with Crippen LogP contribution >= 0.6 is 0 Å². The van der Waals surface area contributed by atoms with Gasteiger partial charge in [0.15, 0.2) is 5.82 Å². The Kier molecular flexibility index (Phi) is 4.09. The van der Waals surface area contributed by atoms with Crippen molar-refractivity contribution in [3.63, 3.8) is 0 Å².